The predicted octanol–water partition coefficient (Wildman–Crippen LogP) is 2.51. The Bertz CT molecular complexity index is 192. The van der Waals surface area contributed by atoms with Crippen molar-refractivity contribution in [3.63, 3.8) is 0 Å². The maximum atomic E-state index is 8.48. The standard InChI is InChI=1S/C14H28O4/c1-3-5-6-14(4-2)13-18-12-11-17-10-9-16-8-7-15/h13,15H,3-12H2,1-2H3/b14-13+. The molecular formula is C14H28O4. The lowest BCUT2D eigenvalue weighted by molar-refractivity contribution is 0.0201. The van der Waals surface area contributed by atoms with Gasteiger partial charge in [-0.15, -0.1) is 0 Å². The van der Waals surface area contributed by atoms with Gasteiger partial charge >= 0.3 is 0 Å². The van der Waals surface area contributed by atoms with E-state index < -0.39 is 0 Å². The van der Waals surface area contributed by atoms with Gasteiger partial charge in [0.25, 0.3) is 0 Å². The highest BCUT2D eigenvalue weighted by Crippen LogP contribution is 2.10. The quantitative estimate of drug-likeness (QED) is 0.408. The fraction of sp³-hybridized carbons (Fsp3) is 0.857. The summed E-state index contributed by atoms with van der Waals surface area (Å²) in [6, 6.07) is 0. The molecule has 0 fully saturated rings. The van der Waals surface area contributed by atoms with Crippen LogP contribution in [-0.4, -0.2) is 44.7 Å². The molecule has 4 nitrogen and oxygen atoms in total. The molecule has 0 aliphatic rings. The van der Waals surface area contributed by atoms with Gasteiger partial charge in [-0.3, -0.25) is 0 Å². The summed E-state index contributed by atoms with van der Waals surface area (Å²) in [5.41, 5.74) is 1.36. The minimum Gasteiger partial charge on any atom is -0.499 e. The molecule has 0 saturated carbocycles. The van der Waals surface area contributed by atoms with Crippen LogP contribution in [0.15, 0.2) is 11.8 Å². The number of unbranched alkanes of at least 4 members (excludes halogenated alkanes) is 1. The molecule has 4 heteroatoms. The van der Waals surface area contributed by atoms with Gasteiger partial charge < -0.3 is 19.3 Å². The molecule has 0 spiro atoms. The molecule has 0 amide bonds. The Kier molecular flexibility index (Phi) is 14.0. The van der Waals surface area contributed by atoms with E-state index >= 15 is 0 Å². The van der Waals surface area contributed by atoms with Crippen LogP contribution in [0.1, 0.15) is 39.5 Å². The highest BCUT2D eigenvalue weighted by Gasteiger charge is 1.94. The number of aliphatic hydroxyl groups is 1. The van der Waals surface area contributed by atoms with Crippen molar-refractivity contribution in [3.05, 3.63) is 11.8 Å². The molecule has 1 N–H and O–H groups in total. The third kappa shape index (κ3) is 11.9. The van der Waals surface area contributed by atoms with E-state index in [1.54, 1.807) is 0 Å². The molecule has 0 aromatic heterocycles. The van der Waals surface area contributed by atoms with Crippen LogP contribution < -0.4 is 0 Å². The van der Waals surface area contributed by atoms with Crippen LogP contribution in [0.3, 0.4) is 0 Å². The van der Waals surface area contributed by atoms with Crippen molar-refractivity contribution in [3.8, 4) is 0 Å². The molecule has 0 bridgehead atoms. The Morgan fingerprint density at radius 1 is 1.00 bits per heavy atom. The van der Waals surface area contributed by atoms with Gasteiger partial charge in [-0.1, -0.05) is 20.3 Å². The average molecular weight is 260 g/mol. The summed E-state index contributed by atoms with van der Waals surface area (Å²) >= 11 is 0. The van der Waals surface area contributed by atoms with Crippen molar-refractivity contribution in [2.75, 3.05) is 39.6 Å². The molecule has 0 atom stereocenters. The van der Waals surface area contributed by atoms with Gasteiger partial charge in [0.15, 0.2) is 0 Å². The molecule has 0 aliphatic carbocycles. The first-order valence-electron chi connectivity index (χ1n) is 6.91. The largest absolute Gasteiger partial charge is 0.499 e. The second-order valence-corrected chi connectivity index (χ2v) is 4.05. The second kappa shape index (κ2) is 14.5. The summed E-state index contributed by atoms with van der Waals surface area (Å²) in [6.07, 6.45) is 6.50. The number of rotatable bonds is 13. The molecular weight excluding hydrogens is 232 g/mol. The van der Waals surface area contributed by atoms with Gasteiger partial charge in [0, 0.05) is 0 Å². The second-order valence-electron chi connectivity index (χ2n) is 4.05. The van der Waals surface area contributed by atoms with E-state index in [9.17, 15) is 0 Å². The molecule has 0 rings (SSSR count). The van der Waals surface area contributed by atoms with E-state index in [4.69, 9.17) is 19.3 Å². The lowest BCUT2D eigenvalue weighted by Gasteiger charge is -2.07. The van der Waals surface area contributed by atoms with Crippen molar-refractivity contribution in [2.24, 2.45) is 0 Å². The van der Waals surface area contributed by atoms with Crippen LogP contribution in [0, 0.1) is 0 Å². The Hall–Kier alpha value is -0.580. The van der Waals surface area contributed by atoms with E-state index in [1.165, 1.54) is 18.4 Å². The highest BCUT2D eigenvalue weighted by atomic mass is 16.5. The summed E-state index contributed by atoms with van der Waals surface area (Å²) < 4.78 is 15.8. The van der Waals surface area contributed by atoms with Crippen LogP contribution >= 0.6 is 0 Å². The Labute approximate surface area is 111 Å². The first kappa shape index (κ1) is 17.4. The Morgan fingerprint density at radius 3 is 2.28 bits per heavy atom. The summed E-state index contributed by atoms with van der Waals surface area (Å²) in [5, 5.41) is 8.48. The highest BCUT2D eigenvalue weighted by molar-refractivity contribution is 4.96. The van der Waals surface area contributed by atoms with Gasteiger partial charge in [0.2, 0.25) is 0 Å². The number of hydrogen-bond acceptors (Lipinski definition) is 4. The van der Waals surface area contributed by atoms with E-state index in [1.807, 2.05) is 6.26 Å². The zero-order chi connectivity index (χ0) is 13.5. The minimum atomic E-state index is 0.0610. The van der Waals surface area contributed by atoms with Crippen molar-refractivity contribution in [1.82, 2.24) is 0 Å². The minimum absolute atomic E-state index is 0.0610. The van der Waals surface area contributed by atoms with Gasteiger partial charge in [0.05, 0.1) is 39.3 Å². The van der Waals surface area contributed by atoms with Crippen molar-refractivity contribution >= 4 is 0 Å². The fourth-order valence-corrected chi connectivity index (χ4v) is 1.39. The lowest BCUT2D eigenvalue weighted by atomic mass is 10.1. The summed E-state index contributed by atoms with van der Waals surface area (Å²) in [4.78, 5) is 0. The van der Waals surface area contributed by atoms with Crippen molar-refractivity contribution < 1.29 is 19.3 Å². The maximum absolute atomic E-state index is 8.48. The predicted molar refractivity (Wildman–Crippen MR) is 72.6 cm³/mol. The average Bonchev–Trinajstić information content (AvgIpc) is 2.40. The van der Waals surface area contributed by atoms with Gasteiger partial charge in [-0.05, 0) is 24.8 Å². The molecule has 0 heterocycles. The van der Waals surface area contributed by atoms with Crippen molar-refractivity contribution in [2.45, 2.75) is 39.5 Å². The number of allylic oxidation sites excluding steroid dienone is 1. The van der Waals surface area contributed by atoms with Crippen molar-refractivity contribution in [1.29, 1.82) is 0 Å². The van der Waals surface area contributed by atoms with Gasteiger partial charge in [-0.25, -0.2) is 0 Å². The zero-order valence-corrected chi connectivity index (χ0v) is 11.8. The van der Waals surface area contributed by atoms with Crippen LogP contribution in [-0.2, 0) is 14.2 Å². The summed E-state index contributed by atoms with van der Waals surface area (Å²) in [5.74, 6) is 0. The summed E-state index contributed by atoms with van der Waals surface area (Å²) in [7, 11) is 0. The maximum Gasteiger partial charge on any atom is 0.111 e. The number of aliphatic hydroxyl groups excluding tert-OH is 1. The van der Waals surface area contributed by atoms with Crippen LogP contribution in [0.5, 0.6) is 0 Å². The van der Waals surface area contributed by atoms with Crippen LogP contribution in [0.2, 0.25) is 0 Å². The molecule has 0 aliphatic heterocycles. The van der Waals surface area contributed by atoms with E-state index in [2.05, 4.69) is 13.8 Å². The fourth-order valence-electron chi connectivity index (χ4n) is 1.39. The normalized spacial score (nSPS) is 11.8. The zero-order valence-electron chi connectivity index (χ0n) is 11.8. The van der Waals surface area contributed by atoms with Crippen LogP contribution in [0.25, 0.3) is 0 Å². The van der Waals surface area contributed by atoms with E-state index in [0.29, 0.717) is 33.0 Å². The monoisotopic (exact) mass is 260 g/mol. The first-order chi connectivity index (χ1) is 8.85. The molecule has 18 heavy (non-hydrogen) atoms. The number of ether oxygens (including phenoxy) is 3. The first-order valence-corrected chi connectivity index (χ1v) is 6.91. The molecule has 0 saturated heterocycles. The summed E-state index contributed by atoms with van der Waals surface area (Å²) in [6.45, 7) is 7.00. The Balaban J connectivity index is 3.33. The van der Waals surface area contributed by atoms with Crippen LogP contribution in [0.4, 0.5) is 0 Å². The smallest absolute Gasteiger partial charge is 0.111 e. The third-order valence-corrected chi connectivity index (χ3v) is 2.51. The molecule has 0 radical (unpaired) electrons. The third-order valence-electron chi connectivity index (χ3n) is 2.51. The molecule has 108 valence electrons. The van der Waals surface area contributed by atoms with Gasteiger partial charge in [-0.2, -0.15) is 0 Å². The Morgan fingerprint density at radius 2 is 1.67 bits per heavy atom. The topological polar surface area (TPSA) is 47.9 Å². The molecule has 0 unspecified atom stereocenters. The van der Waals surface area contributed by atoms with E-state index in [-0.39, 0.29) is 6.61 Å². The number of hydrogen-bond donors (Lipinski definition) is 1. The molecule has 0 aromatic carbocycles. The lowest BCUT2D eigenvalue weighted by Crippen LogP contribution is -2.09. The van der Waals surface area contributed by atoms with E-state index in [0.717, 1.165) is 12.8 Å². The SMILES string of the molecule is CCCC/C(=C/OCCOCCOCCO)CC. The van der Waals surface area contributed by atoms with Gasteiger partial charge in [0.1, 0.15) is 6.61 Å². The molecule has 0 aromatic rings.